The minimum atomic E-state index is 0.0628. The third kappa shape index (κ3) is 3.08. The summed E-state index contributed by atoms with van der Waals surface area (Å²) in [7, 11) is 3.41. The maximum Gasteiger partial charge on any atom is 0.106 e. The zero-order valence-electron chi connectivity index (χ0n) is 10.9. The van der Waals surface area contributed by atoms with E-state index in [0.29, 0.717) is 4.99 Å². The van der Waals surface area contributed by atoms with E-state index < -0.39 is 0 Å². The number of nitrogens with zero attached hydrogens (tertiary/aromatic N) is 1. The number of methoxy groups -OCH3 is 2. The van der Waals surface area contributed by atoms with Crippen LogP contribution in [-0.4, -0.2) is 44.5 Å². The summed E-state index contributed by atoms with van der Waals surface area (Å²) in [6, 6.07) is 5.95. The molecule has 0 radical (unpaired) electrons. The Morgan fingerprint density at radius 3 is 2.37 bits per heavy atom. The van der Waals surface area contributed by atoms with Crippen molar-refractivity contribution in [1.29, 1.82) is 0 Å². The van der Waals surface area contributed by atoms with Crippen molar-refractivity contribution < 1.29 is 9.47 Å². The molecule has 0 spiro atoms. The molecular weight excluding hydrogens is 328 g/mol. The highest BCUT2D eigenvalue weighted by Gasteiger charge is 2.34. The largest absolute Gasteiger partial charge is 0.389 e. The van der Waals surface area contributed by atoms with E-state index in [9.17, 15) is 0 Å². The molecule has 6 heteroatoms. The molecule has 19 heavy (non-hydrogen) atoms. The minimum absolute atomic E-state index is 0.0628. The normalized spacial score (nSPS) is 22.8. The van der Waals surface area contributed by atoms with E-state index in [0.717, 1.165) is 28.8 Å². The minimum Gasteiger partial charge on any atom is -0.389 e. The van der Waals surface area contributed by atoms with Gasteiger partial charge in [-0.1, -0.05) is 28.1 Å². The highest BCUT2D eigenvalue weighted by molar-refractivity contribution is 9.10. The van der Waals surface area contributed by atoms with Crippen molar-refractivity contribution in [2.45, 2.75) is 12.2 Å². The van der Waals surface area contributed by atoms with Crippen LogP contribution < -0.4 is 10.6 Å². The quantitative estimate of drug-likeness (QED) is 0.845. The second-order valence-corrected chi connectivity index (χ2v) is 5.83. The fourth-order valence-electron chi connectivity index (χ4n) is 2.37. The third-order valence-corrected chi connectivity index (χ3v) is 4.10. The first-order valence-corrected chi connectivity index (χ1v) is 7.16. The Morgan fingerprint density at radius 2 is 1.89 bits per heavy atom. The molecule has 1 heterocycles. The van der Waals surface area contributed by atoms with Crippen molar-refractivity contribution in [2.75, 3.05) is 32.2 Å². The van der Waals surface area contributed by atoms with Crippen LogP contribution in [0.4, 0.5) is 5.69 Å². The number of benzene rings is 1. The average molecular weight is 345 g/mol. The Bertz CT molecular complexity index is 472. The molecule has 2 unspecified atom stereocenters. The van der Waals surface area contributed by atoms with Gasteiger partial charge in [0.2, 0.25) is 0 Å². The van der Waals surface area contributed by atoms with Gasteiger partial charge in [-0.2, -0.15) is 0 Å². The van der Waals surface area contributed by atoms with E-state index in [1.807, 2.05) is 18.2 Å². The Kier molecular flexibility index (Phi) is 4.78. The third-order valence-electron chi connectivity index (χ3n) is 3.39. The van der Waals surface area contributed by atoms with Crippen molar-refractivity contribution >= 4 is 38.8 Å². The van der Waals surface area contributed by atoms with Crippen LogP contribution in [0.2, 0.25) is 0 Å². The lowest BCUT2D eigenvalue weighted by molar-refractivity contribution is -0.00461. The number of halogens is 1. The summed E-state index contributed by atoms with van der Waals surface area (Å²) in [4.78, 5) is 2.59. The van der Waals surface area contributed by atoms with E-state index in [1.54, 1.807) is 14.2 Å². The van der Waals surface area contributed by atoms with E-state index in [4.69, 9.17) is 27.4 Å². The van der Waals surface area contributed by atoms with Gasteiger partial charge in [0.05, 0.1) is 0 Å². The summed E-state index contributed by atoms with van der Waals surface area (Å²) in [5, 5.41) is 0. The molecule has 1 aromatic rings. The number of thiocarbonyl (C=S) groups is 1. The highest BCUT2D eigenvalue weighted by atomic mass is 79.9. The molecule has 1 aliphatic heterocycles. The molecule has 104 valence electrons. The number of nitrogens with two attached hydrogens (primary N) is 1. The topological polar surface area (TPSA) is 47.7 Å². The molecule has 1 saturated heterocycles. The molecule has 0 saturated carbocycles. The number of hydrogen-bond acceptors (Lipinski definition) is 4. The molecule has 1 aliphatic rings. The van der Waals surface area contributed by atoms with E-state index in [1.165, 1.54) is 0 Å². The number of rotatable bonds is 4. The van der Waals surface area contributed by atoms with Crippen molar-refractivity contribution in [2.24, 2.45) is 5.73 Å². The van der Waals surface area contributed by atoms with Crippen LogP contribution in [0.15, 0.2) is 22.7 Å². The number of hydrogen-bond donors (Lipinski definition) is 1. The lowest BCUT2D eigenvalue weighted by Crippen LogP contribution is -2.27. The van der Waals surface area contributed by atoms with E-state index >= 15 is 0 Å². The fraction of sp³-hybridized carbons (Fsp3) is 0.462. The van der Waals surface area contributed by atoms with E-state index in [-0.39, 0.29) is 12.2 Å². The van der Waals surface area contributed by atoms with Crippen LogP contribution in [0.25, 0.3) is 0 Å². The molecular formula is C13H17BrN2O2S. The summed E-state index contributed by atoms with van der Waals surface area (Å²) in [6.07, 6.45) is 0.126. The maximum absolute atomic E-state index is 5.81. The second kappa shape index (κ2) is 6.17. The first kappa shape index (κ1) is 14.7. The lowest BCUT2D eigenvalue weighted by Gasteiger charge is -2.21. The first-order valence-electron chi connectivity index (χ1n) is 5.96. The predicted molar refractivity (Wildman–Crippen MR) is 83.8 cm³/mol. The monoisotopic (exact) mass is 344 g/mol. The molecule has 2 rings (SSSR count). The van der Waals surface area contributed by atoms with Gasteiger partial charge in [0.1, 0.15) is 17.2 Å². The standard InChI is InChI=1S/C13H17BrN2O2S/c1-17-11-6-16(7-12(11)18-2)10-4-3-8(14)5-9(10)13(15)19/h3-5,11-12H,6-7H2,1-2H3,(H2,15,19). The van der Waals surface area contributed by atoms with Gasteiger partial charge in [0.15, 0.2) is 0 Å². The molecule has 1 aromatic carbocycles. The van der Waals surface area contributed by atoms with Crippen molar-refractivity contribution in [1.82, 2.24) is 0 Å². The Labute approximate surface area is 127 Å². The Morgan fingerprint density at radius 1 is 1.32 bits per heavy atom. The summed E-state index contributed by atoms with van der Waals surface area (Å²) in [5.74, 6) is 0. The van der Waals surface area contributed by atoms with Crippen molar-refractivity contribution in [3.63, 3.8) is 0 Å². The van der Waals surface area contributed by atoms with Gasteiger partial charge in [-0.15, -0.1) is 0 Å². The molecule has 0 amide bonds. The van der Waals surface area contributed by atoms with Gasteiger partial charge >= 0.3 is 0 Å². The van der Waals surface area contributed by atoms with Gasteiger partial charge in [-0.3, -0.25) is 0 Å². The average Bonchev–Trinajstić information content (AvgIpc) is 2.81. The van der Waals surface area contributed by atoms with Gasteiger partial charge in [0, 0.05) is 43.0 Å². The number of ether oxygens (including phenoxy) is 2. The summed E-state index contributed by atoms with van der Waals surface area (Å²) >= 11 is 8.57. The van der Waals surface area contributed by atoms with Gasteiger partial charge < -0.3 is 20.1 Å². The molecule has 0 aliphatic carbocycles. The lowest BCUT2D eigenvalue weighted by atomic mass is 10.1. The highest BCUT2D eigenvalue weighted by Crippen LogP contribution is 2.29. The van der Waals surface area contributed by atoms with Gasteiger partial charge in [-0.25, -0.2) is 0 Å². The van der Waals surface area contributed by atoms with E-state index in [2.05, 4.69) is 20.8 Å². The first-order chi connectivity index (χ1) is 9.06. The smallest absolute Gasteiger partial charge is 0.106 e. The molecule has 2 atom stereocenters. The van der Waals surface area contributed by atoms with Crippen LogP contribution in [0.3, 0.4) is 0 Å². The molecule has 0 bridgehead atoms. The SMILES string of the molecule is COC1CN(c2ccc(Br)cc2C(N)=S)CC1OC. The molecule has 1 fully saturated rings. The summed E-state index contributed by atoms with van der Waals surface area (Å²) in [5.41, 5.74) is 7.70. The Hall–Kier alpha value is -0.690. The Balaban J connectivity index is 2.30. The fourth-order valence-corrected chi connectivity index (χ4v) is 2.90. The maximum atomic E-state index is 5.81. The molecule has 0 aromatic heterocycles. The van der Waals surface area contributed by atoms with Crippen molar-refractivity contribution in [3.05, 3.63) is 28.2 Å². The van der Waals surface area contributed by atoms with Crippen LogP contribution in [0, 0.1) is 0 Å². The molecule has 4 nitrogen and oxygen atoms in total. The summed E-state index contributed by atoms with van der Waals surface area (Å²) < 4.78 is 11.9. The van der Waals surface area contributed by atoms with Crippen LogP contribution in [-0.2, 0) is 9.47 Å². The van der Waals surface area contributed by atoms with Gasteiger partial charge in [0.25, 0.3) is 0 Å². The zero-order valence-corrected chi connectivity index (χ0v) is 13.3. The van der Waals surface area contributed by atoms with Gasteiger partial charge in [-0.05, 0) is 18.2 Å². The second-order valence-electron chi connectivity index (χ2n) is 4.48. The zero-order chi connectivity index (χ0) is 14.0. The van der Waals surface area contributed by atoms with Crippen LogP contribution in [0.5, 0.6) is 0 Å². The van der Waals surface area contributed by atoms with Crippen LogP contribution >= 0.6 is 28.1 Å². The van der Waals surface area contributed by atoms with Crippen LogP contribution in [0.1, 0.15) is 5.56 Å². The van der Waals surface area contributed by atoms with Crippen molar-refractivity contribution in [3.8, 4) is 0 Å². The number of anilines is 1. The summed E-state index contributed by atoms with van der Waals surface area (Å²) in [6.45, 7) is 1.54. The molecule has 2 N–H and O–H groups in total. The predicted octanol–water partition coefficient (Wildman–Crippen LogP) is 1.93.